The summed E-state index contributed by atoms with van der Waals surface area (Å²) in [6.45, 7) is 4.75. The lowest BCUT2D eigenvalue weighted by molar-refractivity contribution is 0.666. The fourth-order valence-electron chi connectivity index (χ4n) is 6.44. The van der Waals surface area contributed by atoms with Crippen LogP contribution in [0.25, 0.3) is 60.6 Å². The first kappa shape index (κ1) is 18.3. The van der Waals surface area contributed by atoms with Gasteiger partial charge in [0.2, 0.25) is 0 Å². The highest BCUT2D eigenvalue weighted by Gasteiger charge is 2.41. The van der Waals surface area contributed by atoms with Crippen LogP contribution in [0, 0.1) is 0 Å². The topological polar surface area (TPSA) is 17.3 Å². The minimum absolute atomic E-state index is 0.0913. The van der Waals surface area contributed by atoms with Crippen LogP contribution in [0.1, 0.15) is 25.0 Å². The Labute approximate surface area is 197 Å². The van der Waals surface area contributed by atoms with Crippen LogP contribution in [0.4, 0.5) is 0 Å². The first-order valence-electron chi connectivity index (χ1n) is 11.9. The summed E-state index contributed by atoms with van der Waals surface area (Å²) >= 11 is 0. The molecule has 0 atom stereocenters. The van der Waals surface area contributed by atoms with E-state index < -0.39 is 0 Å². The average molecular weight is 435 g/mol. The monoisotopic (exact) mass is 434 g/mol. The normalized spacial score (nSPS) is 14.4. The maximum Gasteiger partial charge on any atom is 0.0716 e. The Morgan fingerprint density at radius 3 is 2.41 bits per heavy atom. The van der Waals surface area contributed by atoms with Crippen molar-refractivity contribution in [2.75, 3.05) is 0 Å². The molecule has 3 aromatic heterocycles. The number of benzene rings is 4. The van der Waals surface area contributed by atoms with E-state index >= 15 is 0 Å². The Morgan fingerprint density at radius 1 is 0.676 bits per heavy atom. The summed E-state index contributed by atoms with van der Waals surface area (Å²) < 4.78 is 2.52. The van der Waals surface area contributed by atoms with Crippen molar-refractivity contribution in [3.63, 3.8) is 0 Å². The lowest BCUT2D eigenvalue weighted by Crippen LogP contribution is -2.15. The number of hydrogen-bond donors (Lipinski definition) is 0. The molecule has 8 rings (SSSR count). The van der Waals surface area contributed by atoms with Gasteiger partial charge in [-0.15, -0.1) is 0 Å². The van der Waals surface area contributed by atoms with Crippen LogP contribution >= 0.6 is 0 Å². The number of rotatable bonds is 1. The highest BCUT2D eigenvalue weighted by molar-refractivity contribution is 6.21. The number of para-hydroxylation sites is 2. The van der Waals surface area contributed by atoms with Crippen LogP contribution < -0.4 is 0 Å². The predicted octanol–water partition coefficient (Wildman–Crippen LogP) is 8.21. The molecule has 0 saturated heterocycles. The van der Waals surface area contributed by atoms with Gasteiger partial charge in [0.25, 0.3) is 0 Å². The molecule has 0 unspecified atom stereocenters. The molecule has 7 aromatic rings. The van der Waals surface area contributed by atoms with Gasteiger partial charge in [0.05, 0.1) is 27.9 Å². The average Bonchev–Trinajstić information content (AvgIpc) is 3.48. The SMILES string of the molecule is CC1(C)c2ccccc2-c2c1c1c(-c3ccc4ccccc4n3)ccc3c4ccccc4n2c13. The quantitative estimate of drug-likeness (QED) is 0.254. The molecule has 0 radical (unpaired) electrons. The van der Waals surface area contributed by atoms with Crippen LogP contribution in [0.15, 0.2) is 97.1 Å². The summed E-state index contributed by atoms with van der Waals surface area (Å²) in [6.07, 6.45) is 0. The van der Waals surface area contributed by atoms with Gasteiger partial charge in [0.1, 0.15) is 0 Å². The van der Waals surface area contributed by atoms with Gasteiger partial charge >= 0.3 is 0 Å². The van der Waals surface area contributed by atoms with Crippen LogP contribution in [-0.2, 0) is 5.41 Å². The predicted molar refractivity (Wildman–Crippen MR) is 142 cm³/mol. The zero-order chi connectivity index (χ0) is 22.6. The van der Waals surface area contributed by atoms with Crippen molar-refractivity contribution < 1.29 is 0 Å². The summed E-state index contributed by atoms with van der Waals surface area (Å²) in [5.74, 6) is 0. The fraction of sp³-hybridized carbons (Fsp3) is 0.0938. The summed E-state index contributed by atoms with van der Waals surface area (Å²) in [7, 11) is 0. The molecular formula is C32H22N2. The van der Waals surface area contributed by atoms with E-state index in [4.69, 9.17) is 4.98 Å². The first-order valence-corrected chi connectivity index (χ1v) is 11.9. The van der Waals surface area contributed by atoms with E-state index in [2.05, 4.69) is 115 Å². The van der Waals surface area contributed by atoms with Gasteiger partial charge < -0.3 is 4.40 Å². The molecule has 0 saturated carbocycles. The van der Waals surface area contributed by atoms with E-state index in [9.17, 15) is 0 Å². The van der Waals surface area contributed by atoms with Gasteiger partial charge in [-0.3, -0.25) is 0 Å². The molecule has 1 aliphatic carbocycles. The van der Waals surface area contributed by atoms with E-state index in [0.717, 1.165) is 11.2 Å². The molecule has 4 aromatic carbocycles. The number of pyridine rings is 1. The van der Waals surface area contributed by atoms with Crippen molar-refractivity contribution in [1.82, 2.24) is 9.38 Å². The standard InChI is InChI=1S/C32H22N2/c1-32(2)24-12-6-4-11-22(24)31-29(32)28-23(26-18-15-19-9-3-7-13-25(19)33-26)17-16-21-20-10-5-8-14-27(20)34(31)30(21)28/h3-18H,1-2H3. The Hall–Kier alpha value is -4.17. The van der Waals surface area contributed by atoms with E-state index in [0.29, 0.717) is 0 Å². The second-order valence-electron chi connectivity index (χ2n) is 10.0. The van der Waals surface area contributed by atoms with Crippen molar-refractivity contribution >= 4 is 38.1 Å². The molecule has 34 heavy (non-hydrogen) atoms. The number of fused-ring (bicyclic) bond motifs is 9. The second kappa shape index (κ2) is 6.03. The molecule has 1 aliphatic rings. The lowest BCUT2D eigenvalue weighted by atomic mass is 9.80. The van der Waals surface area contributed by atoms with Gasteiger partial charge in [-0.1, -0.05) is 92.7 Å². The molecule has 2 heteroatoms. The van der Waals surface area contributed by atoms with Crippen LogP contribution in [0.3, 0.4) is 0 Å². The van der Waals surface area contributed by atoms with Crippen molar-refractivity contribution in [1.29, 1.82) is 0 Å². The van der Waals surface area contributed by atoms with E-state index in [1.165, 1.54) is 60.5 Å². The number of nitrogens with zero attached hydrogens (tertiary/aromatic N) is 2. The second-order valence-corrected chi connectivity index (χ2v) is 10.0. The lowest BCUT2D eigenvalue weighted by Gasteiger charge is -2.22. The zero-order valence-corrected chi connectivity index (χ0v) is 19.1. The zero-order valence-electron chi connectivity index (χ0n) is 19.1. The maximum absolute atomic E-state index is 5.12. The molecule has 0 amide bonds. The van der Waals surface area contributed by atoms with E-state index in [1.807, 2.05) is 0 Å². The van der Waals surface area contributed by atoms with Crippen molar-refractivity contribution in [2.45, 2.75) is 19.3 Å². The van der Waals surface area contributed by atoms with Crippen molar-refractivity contribution in [3.8, 4) is 22.5 Å². The van der Waals surface area contributed by atoms with Crippen molar-refractivity contribution in [2.24, 2.45) is 0 Å². The maximum atomic E-state index is 5.12. The third-order valence-corrected chi connectivity index (χ3v) is 7.90. The molecule has 3 heterocycles. The number of hydrogen-bond acceptors (Lipinski definition) is 1. The highest BCUT2D eigenvalue weighted by Crippen LogP contribution is 2.56. The van der Waals surface area contributed by atoms with Gasteiger partial charge in [-0.25, -0.2) is 4.98 Å². The van der Waals surface area contributed by atoms with Gasteiger partial charge in [0.15, 0.2) is 0 Å². The third kappa shape index (κ3) is 2.05. The van der Waals surface area contributed by atoms with Gasteiger partial charge in [-0.2, -0.15) is 0 Å². The minimum atomic E-state index is -0.0913. The van der Waals surface area contributed by atoms with E-state index in [1.54, 1.807) is 0 Å². The third-order valence-electron chi connectivity index (χ3n) is 7.90. The minimum Gasteiger partial charge on any atom is -0.308 e. The van der Waals surface area contributed by atoms with Crippen LogP contribution in [-0.4, -0.2) is 9.38 Å². The summed E-state index contributed by atoms with van der Waals surface area (Å²) in [6, 6.07) is 35.1. The van der Waals surface area contributed by atoms with Crippen LogP contribution in [0.2, 0.25) is 0 Å². The molecule has 160 valence electrons. The van der Waals surface area contributed by atoms with Crippen molar-refractivity contribution in [3.05, 3.63) is 108 Å². The Balaban J connectivity index is 1.61. The van der Waals surface area contributed by atoms with Gasteiger partial charge in [0, 0.05) is 38.1 Å². The smallest absolute Gasteiger partial charge is 0.0716 e. The Bertz CT molecular complexity index is 1940. The molecule has 0 N–H and O–H groups in total. The summed E-state index contributed by atoms with van der Waals surface area (Å²) in [4.78, 5) is 5.12. The molecular weight excluding hydrogens is 412 g/mol. The molecule has 0 bridgehead atoms. The fourth-order valence-corrected chi connectivity index (χ4v) is 6.44. The Morgan fingerprint density at radius 2 is 1.47 bits per heavy atom. The Kier molecular flexibility index (Phi) is 3.24. The largest absolute Gasteiger partial charge is 0.308 e. The molecule has 0 fully saturated rings. The van der Waals surface area contributed by atoms with E-state index in [-0.39, 0.29) is 5.41 Å². The number of aromatic nitrogens is 2. The molecule has 0 spiro atoms. The first-order chi connectivity index (χ1) is 16.6. The highest BCUT2D eigenvalue weighted by atomic mass is 14.9. The molecule has 2 nitrogen and oxygen atoms in total. The summed E-state index contributed by atoms with van der Waals surface area (Å²) in [5, 5.41) is 5.14. The summed E-state index contributed by atoms with van der Waals surface area (Å²) in [5.41, 5.74) is 11.3. The molecule has 0 aliphatic heterocycles. The van der Waals surface area contributed by atoms with Gasteiger partial charge in [-0.05, 0) is 29.3 Å². The van der Waals surface area contributed by atoms with Crippen LogP contribution in [0.5, 0.6) is 0 Å².